The zero-order valence-corrected chi connectivity index (χ0v) is 9.82. The highest BCUT2D eigenvalue weighted by atomic mass is 32.2. The molecule has 0 saturated heterocycles. The molecule has 0 aliphatic carbocycles. The van der Waals surface area contributed by atoms with Crippen LogP contribution in [0.5, 0.6) is 0 Å². The Kier molecular flexibility index (Phi) is 5.27. The molecule has 3 N–H and O–H groups in total. The summed E-state index contributed by atoms with van der Waals surface area (Å²) in [6.07, 6.45) is 0. The molecule has 1 aromatic carbocycles. The van der Waals surface area contributed by atoms with E-state index in [2.05, 4.69) is 0 Å². The number of benzene rings is 1. The minimum absolute atomic E-state index is 0.147. The maximum atomic E-state index is 10.5. The Balaban J connectivity index is 0.000000423. The van der Waals surface area contributed by atoms with E-state index in [4.69, 9.17) is 10.3 Å². The Hall–Kier alpha value is -1.11. The SMILES string of the molecule is CN(C)C.Nc1ccc(S(=O)(=O)O)cc1. The van der Waals surface area contributed by atoms with Gasteiger partial charge in [-0.3, -0.25) is 4.55 Å². The Morgan fingerprint density at radius 1 is 1.13 bits per heavy atom. The number of rotatable bonds is 1. The Labute approximate surface area is 90.3 Å². The van der Waals surface area contributed by atoms with Gasteiger partial charge in [-0.05, 0) is 45.4 Å². The minimum atomic E-state index is -4.08. The number of hydrogen-bond acceptors (Lipinski definition) is 4. The molecule has 0 saturated carbocycles. The number of nitrogen functional groups attached to an aromatic ring is 1. The molecule has 0 atom stereocenters. The lowest BCUT2D eigenvalue weighted by molar-refractivity contribution is 0.483. The van der Waals surface area contributed by atoms with Crippen LogP contribution in [0.15, 0.2) is 29.2 Å². The van der Waals surface area contributed by atoms with Crippen LogP contribution in [-0.4, -0.2) is 39.0 Å². The summed E-state index contributed by atoms with van der Waals surface area (Å²) in [6.45, 7) is 0. The normalized spacial score (nSPS) is 10.7. The van der Waals surface area contributed by atoms with E-state index in [9.17, 15) is 8.42 Å². The van der Waals surface area contributed by atoms with Gasteiger partial charge in [-0.15, -0.1) is 0 Å². The third kappa shape index (κ3) is 6.89. The second-order valence-electron chi connectivity index (χ2n) is 3.39. The molecule has 0 radical (unpaired) electrons. The van der Waals surface area contributed by atoms with E-state index in [-0.39, 0.29) is 4.90 Å². The number of nitrogens with two attached hydrogens (primary N) is 1. The molecule has 1 rings (SSSR count). The summed E-state index contributed by atoms with van der Waals surface area (Å²) in [5.41, 5.74) is 5.75. The monoisotopic (exact) mass is 232 g/mol. The summed E-state index contributed by atoms with van der Waals surface area (Å²) < 4.78 is 29.4. The quantitative estimate of drug-likeness (QED) is 0.550. The molecule has 0 bridgehead atoms. The highest BCUT2D eigenvalue weighted by molar-refractivity contribution is 7.85. The number of nitrogens with zero attached hydrogens (tertiary/aromatic N) is 1. The van der Waals surface area contributed by atoms with Crippen molar-refractivity contribution in [2.45, 2.75) is 4.90 Å². The third-order valence-electron chi connectivity index (χ3n) is 1.18. The van der Waals surface area contributed by atoms with Gasteiger partial charge in [0.2, 0.25) is 0 Å². The first-order valence-corrected chi connectivity index (χ1v) is 5.61. The summed E-state index contributed by atoms with van der Waals surface area (Å²) in [7, 11) is 1.92. The zero-order chi connectivity index (χ0) is 12.1. The van der Waals surface area contributed by atoms with Crippen LogP contribution in [-0.2, 0) is 10.1 Å². The van der Waals surface area contributed by atoms with E-state index in [1.54, 1.807) is 0 Å². The van der Waals surface area contributed by atoms with Crippen LogP contribution in [0.4, 0.5) is 5.69 Å². The van der Waals surface area contributed by atoms with Crippen LogP contribution in [0.25, 0.3) is 0 Å². The molecule has 0 heterocycles. The van der Waals surface area contributed by atoms with E-state index in [0.29, 0.717) is 5.69 Å². The van der Waals surface area contributed by atoms with E-state index in [0.717, 1.165) is 0 Å². The number of anilines is 1. The van der Waals surface area contributed by atoms with Crippen molar-refractivity contribution in [1.29, 1.82) is 0 Å². The zero-order valence-electron chi connectivity index (χ0n) is 9.01. The number of hydrogen-bond donors (Lipinski definition) is 2. The smallest absolute Gasteiger partial charge is 0.294 e. The van der Waals surface area contributed by atoms with Gasteiger partial charge in [-0.2, -0.15) is 8.42 Å². The summed E-state index contributed by atoms with van der Waals surface area (Å²) in [4.78, 5) is 1.85. The summed E-state index contributed by atoms with van der Waals surface area (Å²) in [5, 5.41) is 0. The highest BCUT2D eigenvalue weighted by Gasteiger charge is 2.06. The van der Waals surface area contributed by atoms with Crippen LogP contribution in [0.3, 0.4) is 0 Å². The second kappa shape index (κ2) is 5.69. The first-order chi connectivity index (χ1) is 6.73. The van der Waals surface area contributed by atoms with Gasteiger partial charge in [0, 0.05) is 5.69 Å². The van der Waals surface area contributed by atoms with E-state index < -0.39 is 10.1 Å². The fourth-order valence-electron chi connectivity index (χ4n) is 0.640. The average Bonchev–Trinajstić information content (AvgIpc) is 2.01. The van der Waals surface area contributed by atoms with E-state index in [1.807, 2.05) is 26.0 Å². The molecule has 0 aliphatic heterocycles. The first-order valence-electron chi connectivity index (χ1n) is 4.17. The molecule has 1 aromatic rings. The van der Waals surface area contributed by atoms with Crippen molar-refractivity contribution in [1.82, 2.24) is 4.90 Å². The average molecular weight is 232 g/mol. The fraction of sp³-hybridized carbons (Fsp3) is 0.333. The molecule has 0 aliphatic rings. The van der Waals surface area contributed by atoms with Gasteiger partial charge in [0.15, 0.2) is 0 Å². The maximum Gasteiger partial charge on any atom is 0.294 e. The Morgan fingerprint density at radius 3 is 1.73 bits per heavy atom. The van der Waals surface area contributed by atoms with Crippen molar-refractivity contribution in [2.24, 2.45) is 0 Å². The fourth-order valence-corrected chi connectivity index (χ4v) is 1.12. The summed E-state index contributed by atoms with van der Waals surface area (Å²) >= 11 is 0. The molecule has 0 spiro atoms. The highest BCUT2D eigenvalue weighted by Crippen LogP contribution is 2.10. The molecule has 0 aromatic heterocycles. The largest absolute Gasteiger partial charge is 0.399 e. The summed E-state index contributed by atoms with van der Waals surface area (Å²) in [6, 6.07) is 5.29. The topological polar surface area (TPSA) is 83.6 Å². The van der Waals surface area contributed by atoms with Crippen LogP contribution < -0.4 is 5.73 Å². The van der Waals surface area contributed by atoms with Gasteiger partial charge in [-0.25, -0.2) is 0 Å². The van der Waals surface area contributed by atoms with E-state index >= 15 is 0 Å². The lowest BCUT2D eigenvalue weighted by Gasteiger charge is -1.95. The molecule has 0 fully saturated rings. The van der Waals surface area contributed by atoms with Gasteiger partial charge in [0.05, 0.1) is 4.90 Å². The Morgan fingerprint density at radius 2 is 1.47 bits per heavy atom. The summed E-state index contributed by atoms with van der Waals surface area (Å²) in [5.74, 6) is 0. The van der Waals surface area contributed by atoms with Crippen molar-refractivity contribution in [3.63, 3.8) is 0 Å². The van der Waals surface area contributed by atoms with Crippen molar-refractivity contribution in [3.05, 3.63) is 24.3 Å². The van der Waals surface area contributed by atoms with Gasteiger partial charge >= 0.3 is 0 Å². The predicted molar refractivity (Wildman–Crippen MR) is 60.3 cm³/mol. The molecule has 15 heavy (non-hydrogen) atoms. The molecular formula is C9H16N2O3S. The maximum absolute atomic E-state index is 10.5. The van der Waals surface area contributed by atoms with Gasteiger partial charge in [-0.1, -0.05) is 0 Å². The molecular weight excluding hydrogens is 216 g/mol. The molecule has 6 heteroatoms. The predicted octanol–water partition coefficient (Wildman–Crippen LogP) is 0.693. The molecule has 0 amide bonds. The van der Waals surface area contributed by atoms with Crippen molar-refractivity contribution < 1.29 is 13.0 Å². The lowest BCUT2D eigenvalue weighted by Crippen LogP contribution is -1.99. The molecule has 0 unspecified atom stereocenters. The van der Waals surface area contributed by atoms with E-state index in [1.165, 1.54) is 24.3 Å². The first kappa shape index (κ1) is 13.9. The van der Waals surface area contributed by atoms with Crippen molar-refractivity contribution >= 4 is 15.8 Å². The van der Waals surface area contributed by atoms with Crippen LogP contribution in [0.1, 0.15) is 0 Å². The lowest BCUT2D eigenvalue weighted by atomic mass is 10.3. The van der Waals surface area contributed by atoms with Gasteiger partial charge in [0.1, 0.15) is 0 Å². The van der Waals surface area contributed by atoms with Crippen molar-refractivity contribution in [3.8, 4) is 0 Å². The van der Waals surface area contributed by atoms with Gasteiger partial charge in [0.25, 0.3) is 10.1 Å². The molecule has 5 nitrogen and oxygen atoms in total. The van der Waals surface area contributed by atoms with Crippen LogP contribution in [0.2, 0.25) is 0 Å². The minimum Gasteiger partial charge on any atom is -0.399 e. The second-order valence-corrected chi connectivity index (χ2v) is 4.81. The van der Waals surface area contributed by atoms with Crippen LogP contribution >= 0.6 is 0 Å². The third-order valence-corrected chi connectivity index (χ3v) is 2.05. The van der Waals surface area contributed by atoms with Gasteiger partial charge < -0.3 is 10.6 Å². The van der Waals surface area contributed by atoms with Crippen molar-refractivity contribution in [2.75, 3.05) is 26.9 Å². The molecule has 86 valence electrons. The Bertz CT molecular complexity index is 382. The van der Waals surface area contributed by atoms with Crippen LogP contribution in [0, 0.1) is 0 Å². The standard InChI is InChI=1S/C6H7NO3S.C3H9N/c7-5-1-3-6(4-2-5)11(8,9)10;1-4(2)3/h1-4H,7H2,(H,8,9,10);1-3H3.